The van der Waals surface area contributed by atoms with Gasteiger partial charge in [-0.25, -0.2) is 0 Å². The molecule has 0 aromatic rings. The van der Waals surface area contributed by atoms with E-state index in [0.717, 1.165) is 38.9 Å². The Morgan fingerprint density at radius 2 is 1.94 bits per heavy atom. The van der Waals surface area contributed by atoms with Crippen LogP contribution in [0.2, 0.25) is 0 Å². The zero-order valence-corrected chi connectivity index (χ0v) is 12.3. The Hall–Kier alpha value is -0.610. The van der Waals surface area contributed by atoms with Crippen LogP contribution in [-0.4, -0.2) is 48.6 Å². The third-order valence-electron chi connectivity index (χ3n) is 3.92. The normalized spacial score (nSPS) is 17.9. The third-order valence-corrected chi connectivity index (χ3v) is 3.92. The number of hydrogen-bond donors (Lipinski definition) is 2. The van der Waals surface area contributed by atoms with E-state index in [1.807, 2.05) is 6.92 Å². The molecular formula is C14H29N3O. The molecule has 0 saturated carbocycles. The summed E-state index contributed by atoms with van der Waals surface area (Å²) in [7, 11) is 0. The maximum Gasteiger partial charge on any atom is 0.237 e. The largest absolute Gasteiger partial charge is 0.352 e. The molecule has 1 aliphatic rings. The van der Waals surface area contributed by atoms with E-state index in [2.05, 4.69) is 36.3 Å². The molecule has 0 aromatic carbocycles. The first-order valence-corrected chi connectivity index (χ1v) is 7.40. The second-order valence-electron chi connectivity index (χ2n) is 5.25. The van der Waals surface area contributed by atoms with Crippen LogP contribution in [0.4, 0.5) is 0 Å². The standard InChI is InChI=1S/C14H29N3O/c1-5-8-17(13-9-15-10-13)11(4)14(18)16-12(6-2)7-3/h11-13,15H,5-10H2,1-4H3,(H,16,18). The third kappa shape index (κ3) is 3.95. The molecule has 1 fully saturated rings. The molecule has 1 aliphatic heterocycles. The number of nitrogens with one attached hydrogen (secondary N) is 2. The highest BCUT2D eigenvalue weighted by molar-refractivity contribution is 5.81. The Morgan fingerprint density at radius 1 is 1.33 bits per heavy atom. The van der Waals surface area contributed by atoms with Gasteiger partial charge in [0.05, 0.1) is 6.04 Å². The maximum atomic E-state index is 12.3. The molecule has 1 rings (SSSR count). The van der Waals surface area contributed by atoms with E-state index < -0.39 is 0 Å². The molecule has 1 atom stereocenters. The predicted molar refractivity (Wildman–Crippen MR) is 75.6 cm³/mol. The number of hydrogen-bond acceptors (Lipinski definition) is 3. The minimum Gasteiger partial charge on any atom is -0.352 e. The molecule has 0 bridgehead atoms. The van der Waals surface area contributed by atoms with Crippen molar-refractivity contribution in [2.24, 2.45) is 0 Å². The van der Waals surface area contributed by atoms with Crippen LogP contribution in [-0.2, 0) is 4.79 Å². The summed E-state index contributed by atoms with van der Waals surface area (Å²) in [6.45, 7) is 11.5. The fourth-order valence-corrected chi connectivity index (χ4v) is 2.42. The van der Waals surface area contributed by atoms with Gasteiger partial charge in [0, 0.05) is 25.2 Å². The molecule has 1 amide bonds. The summed E-state index contributed by atoms with van der Waals surface area (Å²) in [6.07, 6.45) is 3.11. The SMILES string of the molecule is CCCN(C1CNC1)C(C)C(=O)NC(CC)CC. The number of nitrogens with zero attached hydrogens (tertiary/aromatic N) is 1. The van der Waals surface area contributed by atoms with Gasteiger partial charge in [-0.05, 0) is 32.7 Å². The average molecular weight is 255 g/mol. The lowest BCUT2D eigenvalue weighted by Gasteiger charge is -2.41. The fraction of sp³-hybridized carbons (Fsp3) is 0.929. The van der Waals surface area contributed by atoms with Crippen LogP contribution >= 0.6 is 0 Å². The van der Waals surface area contributed by atoms with Crippen LogP contribution in [0.15, 0.2) is 0 Å². The number of amides is 1. The first kappa shape index (κ1) is 15.4. The Balaban J connectivity index is 2.52. The first-order valence-electron chi connectivity index (χ1n) is 7.40. The van der Waals surface area contributed by atoms with E-state index in [1.54, 1.807) is 0 Å². The van der Waals surface area contributed by atoms with Gasteiger partial charge < -0.3 is 10.6 Å². The smallest absolute Gasteiger partial charge is 0.237 e. The number of rotatable bonds is 8. The second kappa shape index (κ2) is 7.74. The van der Waals surface area contributed by atoms with E-state index in [4.69, 9.17) is 0 Å². The lowest BCUT2D eigenvalue weighted by atomic mass is 10.1. The maximum absolute atomic E-state index is 12.3. The van der Waals surface area contributed by atoms with Gasteiger partial charge in [-0.3, -0.25) is 9.69 Å². The van der Waals surface area contributed by atoms with E-state index >= 15 is 0 Å². The lowest BCUT2D eigenvalue weighted by Crippen LogP contribution is -2.62. The van der Waals surface area contributed by atoms with Crippen molar-refractivity contribution in [3.05, 3.63) is 0 Å². The van der Waals surface area contributed by atoms with E-state index in [1.165, 1.54) is 0 Å². The van der Waals surface area contributed by atoms with E-state index in [-0.39, 0.29) is 11.9 Å². The summed E-state index contributed by atoms with van der Waals surface area (Å²) in [5, 5.41) is 6.44. The molecule has 2 N–H and O–H groups in total. The molecule has 4 heteroatoms. The molecule has 0 spiro atoms. The summed E-state index contributed by atoms with van der Waals surface area (Å²) < 4.78 is 0. The summed E-state index contributed by atoms with van der Waals surface area (Å²) in [5.74, 6) is 0.184. The van der Waals surface area contributed by atoms with Gasteiger partial charge >= 0.3 is 0 Å². The highest BCUT2D eigenvalue weighted by atomic mass is 16.2. The zero-order valence-electron chi connectivity index (χ0n) is 12.3. The molecule has 106 valence electrons. The average Bonchev–Trinajstić information content (AvgIpc) is 2.32. The van der Waals surface area contributed by atoms with Crippen LogP contribution in [0.3, 0.4) is 0 Å². The minimum atomic E-state index is -0.0161. The minimum absolute atomic E-state index is 0.0161. The highest BCUT2D eigenvalue weighted by Crippen LogP contribution is 2.11. The van der Waals surface area contributed by atoms with Crippen LogP contribution in [0, 0.1) is 0 Å². The van der Waals surface area contributed by atoms with Gasteiger partial charge in [0.2, 0.25) is 5.91 Å². The van der Waals surface area contributed by atoms with Crippen molar-refractivity contribution in [3.8, 4) is 0 Å². The molecule has 18 heavy (non-hydrogen) atoms. The van der Waals surface area contributed by atoms with Gasteiger partial charge in [0.15, 0.2) is 0 Å². The van der Waals surface area contributed by atoms with Crippen molar-refractivity contribution in [1.29, 1.82) is 0 Å². The van der Waals surface area contributed by atoms with Crippen molar-refractivity contribution >= 4 is 5.91 Å². The zero-order chi connectivity index (χ0) is 13.5. The van der Waals surface area contributed by atoms with Crippen molar-refractivity contribution in [3.63, 3.8) is 0 Å². The molecule has 1 saturated heterocycles. The number of carbonyl (C=O) groups excluding carboxylic acids is 1. The Morgan fingerprint density at radius 3 is 2.33 bits per heavy atom. The van der Waals surface area contributed by atoms with E-state index in [9.17, 15) is 4.79 Å². The Labute approximate surface area is 111 Å². The quantitative estimate of drug-likeness (QED) is 0.688. The molecule has 1 heterocycles. The van der Waals surface area contributed by atoms with Gasteiger partial charge in [-0.1, -0.05) is 20.8 Å². The van der Waals surface area contributed by atoms with Crippen molar-refractivity contribution in [1.82, 2.24) is 15.5 Å². The monoisotopic (exact) mass is 255 g/mol. The molecule has 0 aromatic heterocycles. The van der Waals surface area contributed by atoms with Gasteiger partial charge in [0.25, 0.3) is 0 Å². The van der Waals surface area contributed by atoms with Crippen molar-refractivity contribution in [2.75, 3.05) is 19.6 Å². The molecule has 1 unspecified atom stereocenters. The van der Waals surface area contributed by atoms with Crippen molar-refractivity contribution < 1.29 is 4.79 Å². The lowest BCUT2D eigenvalue weighted by molar-refractivity contribution is -0.128. The fourth-order valence-electron chi connectivity index (χ4n) is 2.42. The van der Waals surface area contributed by atoms with E-state index in [0.29, 0.717) is 12.1 Å². The highest BCUT2D eigenvalue weighted by Gasteiger charge is 2.31. The Bertz CT molecular complexity index is 249. The van der Waals surface area contributed by atoms with Gasteiger partial charge in [-0.2, -0.15) is 0 Å². The molecular weight excluding hydrogens is 226 g/mol. The van der Waals surface area contributed by atoms with Crippen LogP contribution < -0.4 is 10.6 Å². The summed E-state index contributed by atoms with van der Waals surface area (Å²) in [6, 6.07) is 0.841. The van der Waals surface area contributed by atoms with Gasteiger partial charge in [-0.15, -0.1) is 0 Å². The van der Waals surface area contributed by atoms with Crippen molar-refractivity contribution in [2.45, 2.75) is 65.1 Å². The second-order valence-corrected chi connectivity index (χ2v) is 5.25. The molecule has 4 nitrogen and oxygen atoms in total. The Kier molecular flexibility index (Phi) is 6.65. The predicted octanol–water partition coefficient (Wildman–Crippen LogP) is 1.36. The van der Waals surface area contributed by atoms with Crippen LogP contribution in [0.25, 0.3) is 0 Å². The summed E-state index contributed by atoms with van der Waals surface area (Å²) in [4.78, 5) is 14.6. The van der Waals surface area contributed by atoms with Crippen LogP contribution in [0.5, 0.6) is 0 Å². The van der Waals surface area contributed by atoms with Gasteiger partial charge in [0.1, 0.15) is 0 Å². The topological polar surface area (TPSA) is 44.4 Å². The van der Waals surface area contributed by atoms with Crippen LogP contribution in [0.1, 0.15) is 47.0 Å². The molecule has 0 radical (unpaired) electrons. The number of carbonyl (C=O) groups is 1. The summed E-state index contributed by atoms with van der Waals surface area (Å²) in [5.41, 5.74) is 0. The first-order chi connectivity index (χ1) is 8.63. The summed E-state index contributed by atoms with van der Waals surface area (Å²) >= 11 is 0. The molecule has 0 aliphatic carbocycles.